The molecule has 0 saturated carbocycles. The van der Waals surface area contributed by atoms with Crippen molar-refractivity contribution in [1.82, 2.24) is 9.78 Å². The standard InChI is InChI=1S/C7H9F3N2O/c1-3-12-6(5(2)4-11-12)13-7(8,9)10/h4H,3H2,1-2H3. The van der Waals surface area contributed by atoms with Crippen molar-refractivity contribution in [3.63, 3.8) is 0 Å². The van der Waals surface area contributed by atoms with Gasteiger partial charge in [0.05, 0.1) is 6.20 Å². The third kappa shape index (κ3) is 2.37. The molecular formula is C7H9F3N2O. The van der Waals surface area contributed by atoms with Crippen LogP contribution in [0.25, 0.3) is 0 Å². The first-order chi connectivity index (χ1) is 5.94. The molecule has 0 aliphatic rings. The first kappa shape index (κ1) is 9.88. The molecule has 0 aromatic carbocycles. The van der Waals surface area contributed by atoms with Crippen LogP contribution in [-0.4, -0.2) is 16.1 Å². The molecule has 0 spiro atoms. The minimum Gasteiger partial charge on any atom is -0.388 e. The molecule has 1 aromatic rings. The highest BCUT2D eigenvalue weighted by Gasteiger charge is 2.33. The van der Waals surface area contributed by atoms with Crippen LogP contribution in [-0.2, 0) is 6.54 Å². The van der Waals surface area contributed by atoms with E-state index >= 15 is 0 Å². The highest BCUT2D eigenvalue weighted by atomic mass is 19.4. The Labute approximate surface area is 73.1 Å². The van der Waals surface area contributed by atoms with Crippen LogP contribution in [0, 0.1) is 6.92 Å². The van der Waals surface area contributed by atoms with E-state index in [1.807, 2.05) is 0 Å². The van der Waals surface area contributed by atoms with Crippen molar-refractivity contribution in [1.29, 1.82) is 0 Å². The highest BCUT2D eigenvalue weighted by Crippen LogP contribution is 2.25. The molecule has 0 amide bonds. The van der Waals surface area contributed by atoms with E-state index in [9.17, 15) is 13.2 Å². The predicted octanol–water partition coefficient (Wildman–Crippen LogP) is 2.11. The van der Waals surface area contributed by atoms with Gasteiger partial charge in [0.25, 0.3) is 0 Å². The van der Waals surface area contributed by atoms with Crippen LogP contribution < -0.4 is 4.74 Å². The van der Waals surface area contributed by atoms with Gasteiger partial charge in [-0.15, -0.1) is 13.2 Å². The molecule has 0 fully saturated rings. The molecule has 13 heavy (non-hydrogen) atoms. The zero-order valence-electron chi connectivity index (χ0n) is 7.22. The largest absolute Gasteiger partial charge is 0.574 e. The molecule has 6 heteroatoms. The maximum atomic E-state index is 11.9. The number of rotatable bonds is 2. The van der Waals surface area contributed by atoms with E-state index in [0.29, 0.717) is 12.1 Å². The molecule has 1 rings (SSSR count). The van der Waals surface area contributed by atoms with Crippen molar-refractivity contribution in [2.24, 2.45) is 0 Å². The lowest BCUT2D eigenvalue weighted by atomic mass is 10.4. The molecule has 1 aromatic heterocycles. The number of aryl methyl sites for hydroxylation is 2. The zero-order valence-corrected chi connectivity index (χ0v) is 7.22. The number of nitrogens with zero attached hydrogens (tertiary/aromatic N) is 2. The number of alkyl halides is 3. The average molecular weight is 194 g/mol. The van der Waals surface area contributed by atoms with E-state index in [-0.39, 0.29) is 5.88 Å². The Bertz CT molecular complexity index is 292. The van der Waals surface area contributed by atoms with Gasteiger partial charge >= 0.3 is 6.36 Å². The summed E-state index contributed by atoms with van der Waals surface area (Å²) in [4.78, 5) is 0. The van der Waals surface area contributed by atoms with E-state index in [2.05, 4.69) is 9.84 Å². The van der Waals surface area contributed by atoms with Crippen LogP contribution in [0.3, 0.4) is 0 Å². The molecule has 0 radical (unpaired) electrons. The Balaban J connectivity index is 2.92. The van der Waals surface area contributed by atoms with E-state index < -0.39 is 6.36 Å². The third-order valence-electron chi connectivity index (χ3n) is 1.47. The zero-order chi connectivity index (χ0) is 10.1. The van der Waals surface area contributed by atoms with E-state index in [0.717, 1.165) is 4.68 Å². The predicted molar refractivity (Wildman–Crippen MR) is 39.3 cm³/mol. The van der Waals surface area contributed by atoms with Crippen molar-refractivity contribution in [3.8, 4) is 5.88 Å². The summed E-state index contributed by atoms with van der Waals surface area (Å²) in [5.41, 5.74) is 0.374. The molecule has 0 atom stereocenters. The quantitative estimate of drug-likeness (QED) is 0.720. The maximum Gasteiger partial charge on any atom is 0.574 e. The Morgan fingerprint density at radius 1 is 1.54 bits per heavy atom. The van der Waals surface area contributed by atoms with Crippen LogP contribution in [0.1, 0.15) is 12.5 Å². The van der Waals surface area contributed by atoms with Gasteiger partial charge in [-0.3, -0.25) is 0 Å². The second-order valence-corrected chi connectivity index (χ2v) is 2.50. The molecular weight excluding hydrogens is 185 g/mol. The lowest BCUT2D eigenvalue weighted by Gasteiger charge is -2.10. The molecule has 0 aliphatic heterocycles. The Kier molecular flexibility index (Phi) is 2.49. The minimum atomic E-state index is -4.66. The summed E-state index contributed by atoms with van der Waals surface area (Å²) in [6, 6.07) is 0. The molecule has 0 saturated heterocycles. The molecule has 0 unspecified atom stereocenters. The minimum absolute atomic E-state index is 0.241. The summed E-state index contributed by atoms with van der Waals surface area (Å²) in [6.07, 6.45) is -3.32. The summed E-state index contributed by atoms with van der Waals surface area (Å²) in [7, 11) is 0. The van der Waals surface area contributed by atoms with Gasteiger partial charge in [-0.25, -0.2) is 4.68 Å². The number of hydrogen-bond acceptors (Lipinski definition) is 2. The van der Waals surface area contributed by atoms with Gasteiger partial charge in [0.15, 0.2) is 0 Å². The van der Waals surface area contributed by atoms with E-state index in [4.69, 9.17) is 0 Å². The van der Waals surface area contributed by atoms with Gasteiger partial charge in [0.2, 0.25) is 5.88 Å². The van der Waals surface area contributed by atoms with E-state index in [1.54, 1.807) is 6.92 Å². The monoisotopic (exact) mass is 194 g/mol. The Morgan fingerprint density at radius 2 is 2.15 bits per heavy atom. The van der Waals surface area contributed by atoms with Crippen LogP contribution in [0.5, 0.6) is 5.88 Å². The molecule has 0 bridgehead atoms. The molecule has 0 aliphatic carbocycles. The lowest BCUT2D eigenvalue weighted by molar-refractivity contribution is -0.277. The van der Waals surface area contributed by atoms with Crippen LogP contribution >= 0.6 is 0 Å². The normalized spacial score (nSPS) is 11.8. The molecule has 3 nitrogen and oxygen atoms in total. The van der Waals surface area contributed by atoms with Gasteiger partial charge in [-0.2, -0.15) is 5.10 Å². The number of halogens is 3. The number of ether oxygens (including phenoxy) is 1. The second-order valence-electron chi connectivity index (χ2n) is 2.50. The third-order valence-corrected chi connectivity index (χ3v) is 1.47. The first-order valence-corrected chi connectivity index (χ1v) is 3.72. The van der Waals surface area contributed by atoms with Gasteiger partial charge in [0.1, 0.15) is 0 Å². The smallest absolute Gasteiger partial charge is 0.388 e. The van der Waals surface area contributed by atoms with Crippen LogP contribution in [0.4, 0.5) is 13.2 Å². The van der Waals surface area contributed by atoms with Crippen molar-refractivity contribution in [2.45, 2.75) is 26.8 Å². The average Bonchev–Trinajstić information content (AvgIpc) is 2.30. The summed E-state index contributed by atoms with van der Waals surface area (Å²) in [6.45, 7) is 3.55. The summed E-state index contributed by atoms with van der Waals surface area (Å²) >= 11 is 0. The molecule has 0 N–H and O–H groups in total. The summed E-state index contributed by atoms with van der Waals surface area (Å²) in [5, 5.41) is 3.71. The topological polar surface area (TPSA) is 27.1 Å². The number of hydrogen-bond donors (Lipinski definition) is 0. The van der Waals surface area contributed by atoms with Crippen molar-refractivity contribution < 1.29 is 17.9 Å². The lowest BCUT2D eigenvalue weighted by Crippen LogP contribution is -2.20. The van der Waals surface area contributed by atoms with Crippen LogP contribution in [0.2, 0.25) is 0 Å². The van der Waals surface area contributed by atoms with Gasteiger partial charge in [0, 0.05) is 12.1 Å². The van der Waals surface area contributed by atoms with Gasteiger partial charge < -0.3 is 4.74 Å². The Morgan fingerprint density at radius 3 is 2.62 bits per heavy atom. The number of aromatic nitrogens is 2. The fourth-order valence-corrected chi connectivity index (χ4v) is 0.936. The van der Waals surface area contributed by atoms with Crippen LogP contribution in [0.15, 0.2) is 6.20 Å². The molecule has 74 valence electrons. The van der Waals surface area contributed by atoms with Crippen molar-refractivity contribution in [2.75, 3.05) is 0 Å². The summed E-state index contributed by atoms with van der Waals surface area (Å²) in [5.74, 6) is -0.241. The summed E-state index contributed by atoms with van der Waals surface area (Å²) < 4.78 is 40.5. The van der Waals surface area contributed by atoms with Gasteiger partial charge in [-0.05, 0) is 13.8 Å². The van der Waals surface area contributed by atoms with E-state index in [1.165, 1.54) is 13.1 Å². The molecule has 1 heterocycles. The maximum absolute atomic E-state index is 11.9. The highest BCUT2D eigenvalue weighted by molar-refractivity contribution is 5.22. The Hall–Kier alpha value is -1.20. The fourth-order valence-electron chi connectivity index (χ4n) is 0.936. The van der Waals surface area contributed by atoms with Crippen molar-refractivity contribution >= 4 is 0 Å². The van der Waals surface area contributed by atoms with Crippen molar-refractivity contribution in [3.05, 3.63) is 11.8 Å². The SMILES string of the molecule is CCn1ncc(C)c1OC(F)(F)F. The first-order valence-electron chi connectivity index (χ1n) is 3.72. The van der Waals surface area contributed by atoms with Gasteiger partial charge in [-0.1, -0.05) is 0 Å². The fraction of sp³-hybridized carbons (Fsp3) is 0.571. The second kappa shape index (κ2) is 3.27.